The van der Waals surface area contributed by atoms with Crippen LogP contribution in [0, 0.1) is 0 Å². The first-order valence-corrected chi connectivity index (χ1v) is 8.62. The molecule has 0 amide bonds. The molecule has 2 unspecified atom stereocenters. The Kier molecular flexibility index (Phi) is 4.41. The van der Waals surface area contributed by atoms with Gasteiger partial charge in [0.05, 0.1) is 22.9 Å². The lowest BCUT2D eigenvalue weighted by atomic mass is 9.84. The zero-order chi connectivity index (χ0) is 15.0. The van der Waals surface area contributed by atoms with Crippen LogP contribution in [-0.2, 0) is 12.1 Å². The molecule has 2 aliphatic rings. The fourth-order valence-electron chi connectivity index (χ4n) is 3.75. The molecule has 2 aliphatic heterocycles. The third kappa shape index (κ3) is 3.04. The van der Waals surface area contributed by atoms with Crippen LogP contribution in [0.5, 0.6) is 0 Å². The van der Waals surface area contributed by atoms with Gasteiger partial charge in [-0.2, -0.15) is 5.10 Å². The number of hydrogen-bond acceptors (Lipinski definition) is 4. The van der Waals surface area contributed by atoms with E-state index in [1.807, 2.05) is 10.9 Å². The molecule has 1 aromatic heterocycles. The summed E-state index contributed by atoms with van der Waals surface area (Å²) in [7, 11) is 4.12. The van der Waals surface area contributed by atoms with E-state index in [-0.39, 0.29) is 0 Å². The molecule has 0 radical (unpaired) electrons. The van der Waals surface area contributed by atoms with Crippen LogP contribution in [0.1, 0.15) is 31.4 Å². The standard InChI is InChI=1S/C15H25BrN4O/c1-18(2)8-9-20-14(13(16)11-17-20)15(21)5-7-19-6-3-4-12(19)10-15/h11-12,21H,3-10H2,1-2H3. The molecule has 3 heterocycles. The van der Waals surface area contributed by atoms with Gasteiger partial charge in [-0.25, -0.2) is 0 Å². The molecule has 21 heavy (non-hydrogen) atoms. The highest BCUT2D eigenvalue weighted by Crippen LogP contribution is 2.41. The van der Waals surface area contributed by atoms with E-state index in [4.69, 9.17) is 0 Å². The predicted molar refractivity (Wildman–Crippen MR) is 86.2 cm³/mol. The second kappa shape index (κ2) is 5.99. The van der Waals surface area contributed by atoms with Gasteiger partial charge in [0.15, 0.2) is 0 Å². The van der Waals surface area contributed by atoms with Gasteiger partial charge in [0.25, 0.3) is 0 Å². The molecule has 1 aromatic rings. The molecule has 5 nitrogen and oxygen atoms in total. The SMILES string of the molecule is CN(C)CCn1ncc(Br)c1C1(O)CCN2CCCC2C1. The maximum absolute atomic E-state index is 11.3. The Morgan fingerprint density at radius 3 is 3.05 bits per heavy atom. The fraction of sp³-hybridized carbons (Fsp3) is 0.800. The maximum Gasteiger partial charge on any atom is 0.110 e. The lowest BCUT2D eigenvalue weighted by molar-refractivity contribution is -0.0479. The summed E-state index contributed by atoms with van der Waals surface area (Å²) >= 11 is 3.60. The first kappa shape index (κ1) is 15.5. The molecule has 2 fully saturated rings. The van der Waals surface area contributed by atoms with Gasteiger partial charge in [0, 0.05) is 19.1 Å². The summed E-state index contributed by atoms with van der Waals surface area (Å²) in [5.74, 6) is 0. The number of piperidine rings is 1. The fourth-order valence-corrected chi connectivity index (χ4v) is 4.41. The van der Waals surface area contributed by atoms with Gasteiger partial charge in [0.2, 0.25) is 0 Å². The number of likely N-dealkylation sites (N-methyl/N-ethyl adjacent to an activating group) is 1. The van der Waals surface area contributed by atoms with Gasteiger partial charge in [0.1, 0.15) is 5.60 Å². The summed E-state index contributed by atoms with van der Waals surface area (Å²) in [6, 6.07) is 0.535. The molecule has 3 rings (SSSR count). The minimum atomic E-state index is -0.743. The van der Waals surface area contributed by atoms with Crippen LogP contribution in [0.4, 0.5) is 0 Å². The lowest BCUT2D eigenvalue weighted by Gasteiger charge is -2.41. The minimum absolute atomic E-state index is 0.535. The van der Waals surface area contributed by atoms with Crippen molar-refractivity contribution in [3.63, 3.8) is 0 Å². The highest BCUT2D eigenvalue weighted by atomic mass is 79.9. The topological polar surface area (TPSA) is 44.5 Å². The van der Waals surface area contributed by atoms with Gasteiger partial charge >= 0.3 is 0 Å². The van der Waals surface area contributed by atoms with Crippen molar-refractivity contribution >= 4 is 15.9 Å². The first-order chi connectivity index (χ1) is 9.99. The van der Waals surface area contributed by atoms with E-state index in [0.717, 1.165) is 42.6 Å². The predicted octanol–water partition coefficient (Wildman–Crippen LogP) is 1.65. The first-order valence-electron chi connectivity index (χ1n) is 7.82. The van der Waals surface area contributed by atoms with Crippen molar-refractivity contribution in [2.75, 3.05) is 33.7 Å². The Hall–Kier alpha value is -0.430. The number of fused-ring (bicyclic) bond motifs is 1. The smallest absolute Gasteiger partial charge is 0.110 e. The van der Waals surface area contributed by atoms with Gasteiger partial charge in [-0.05, 0) is 62.3 Å². The number of aliphatic hydroxyl groups is 1. The Labute approximate surface area is 135 Å². The molecular weight excluding hydrogens is 332 g/mol. The van der Waals surface area contributed by atoms with Crippen molar-refractivity contribution in [2.45, 2.75) is 43.9 Å². The number of nitrogens with zero attached hydrogens (tertiary/aromatic N) is 4. The van der Waals surface area contributed by atoms with Crippen LogP contribution < -0.4 is 0 Å². The molecule has 0 bridgehead atoms. The van der Waals surface area contributed by atoms with Crippen molar-refractivity contribution in [2.24, 2.45) is 0 Å². The van der Waals surface area contributed by atoms with Crippen molar-refractivity contribution < 1.29 is 5.11 Å². The van der Waals surface area contributed by atoms with Gasteiger partial charge < -0.3 is 14.9 Å². The molecule has 2 atom stereocenters. The number of halogens is 1. The number of hydrogen-bond donors (Lipinski definition) is 1. The molecule has 6 heteroatoms. The average Bonchev–Trinajstić information content (AvgIpc) is 3.02. The summed E-state index contributed by atoms with van der Waals surface area (Å²) in [5, 5.41) is 15.7. The normalized spacial score (nSPS) is 30.0. The Balaban J connectivity index is 1.83. The lowest BCUT2D eigenvalue weighted by Crippen LogP contribution is -2.47. The largest absolute Gasteiger partial charge is 0.383 e. The van der Waals surface area contributed by atoms with Gasteiger partial charge in [-0.1, -0.05) is 0 Å². The van der Waals surface area contributed by atoms with Crippen LogP contribution in [-0.4, -0.2) is 64.5 Å². The monoisotopic (exact) mass is 356 g/mol. The third-order valence-electron chi connectivity index (χ3n) is 4.88. The van der Waals surface area contributed by atoms with E-state index < -0.39 is 5.60 Å². The van der Waals surface area contributed by atoms with Crippen molar-refractivity contribution in [1.29, 1.82) is 0 Å². The summed E-state index contributed by atoms with van der Waals surface area (Å²) in [4.78, 5) is 4.67. The van der Waals surface area contributed by atoms with E-state index in [0.29, 0.717) is 6.04 Å². The molecule has 0 aliphatic carbocycles. The summed E-state index contributed by atoms with van der Waals surface area (Å²) in [6.45, 7) is 3.92. The summed E-state index contributed by atoms with van der Waals surface area (Å²) < 4.78 is 2.92. The molecule has 0 aromatic carbocycles. The zero-order valence-corrected chi connectivity index (χ0v) is 14.5. The van der Waals surface area contributed by atoms with Crippen molar-refractivity contribution in [3.8, 4) is 0 Å². The second-order valence-electron chi connectivity index (χ2n) is 6.69. The molecule has 0 saturated carbocycles. The highest BCUT2D eigenvalue weighted by Gasteiger charge is 2.44. The zero-order valence-electron chi connectivity index (χ0n) is 12.9. The van der Waals surface area contributed by atoms with E-state index in [1.165, 1.54) is 19.4 Å². The Morgan fingerprint density at radius 2 is 2.29 bits per heavy atom. The van der Waals surface area contributed by atoms with E-state index in [2.05, 4.69) is 44.9 Å². The molecule has 0 spiro atoms. The van der Waals surface area contributed by atoms with Crippen LogP contribution in [0.3, 0.4) is 0 Å². The highest BCUT2D eigenvalue weighted by molar-refractivity contribution is 9.10. The number of rotatable bonds is 4. The van der Waals surface area contributed by atoms with E-state index in [9.17, 15) is 5.11 Å². The maximum atomic E-state index is 11.3. The molecular formula is C15H25BrN4O. The van der Waals surface area contributed by atoms with Crippen LogP contribution in [0.15, 0.2) is 10.7 Å². The third-order valence-corrected chi connectivity index (χ3v) is 5.46. The van der Waals surface area contributed by atoms with E-state index >= 15 is 0 Å². The molecule has 2 saturated heterocycles. The summed E-state index contributed by atoms with van der Waals surface area (Å²) in [5.41, 5.74) is 0.226. The van der Waals surface area contributed by atoms with Gasteiger partial charge in [-0.15, -0.1) is 0 Å². The quantitative estimate of drug-likeness (QED) is 0.890. The Bertz CT molecular complexity index is 504. The van der Waals surface area contributed by atoms with Crippen molar-refractivity contribution in [3.05, 3.63) is 16.4 Å². The Morgan fingerprint density at radius 1 is 1.48 bits per heavy atom. The van der Waals surface area contributed by atoms with Crippen LogP contribution in [0.2, 0.25) is 0 Å². The number of aromatic nitrogens is 2. The summed E-state index contributed by atoms with van der Waals surface area (Å²) in [6.07, 6.45) is 5.94. The van der Waals surface area contributed by atoms with Gasteiger partial charge in [-0.3, -0.25) is 4.68 Å². The second-order valence-corrected chi connectivity index (χ2v) is 7.54. The van der Waals surface area contributed by atoms with E-state index in [1.54, 1.807) is 0 Å². The van der Waals surface area contributed by atoms with Crippen LogP contribution in [0.25, 0.3) is 0 Å². The van der Waals surface area contributed by atoms with Crippen LogP contribution >= 0.6 is 15.9 Å². The molecule has 118 valence electrons. The molecule has 1 N–H and O–H groups in total. The minimum Gasteiger partial charge on any atom is -0.383 e. The van der Waals surface area contributed by atoms with Crippen molar-refractivity contribution in [1.82, 2.24) is 19.6 Å². The average molecular weight is 357 g/mol.